The van der Waals surface area contributed by atoms with Crippen molar-refractivity contribution < 1.29 is 9.90 Å². The molecule has 0 amide bonds. The van der Waals surface area contributed by atoms with Gasteiger partial charge in [-0.05, 0) is 31.9 Å². The van der Waals surface area contributed by atoms with Gasteiger partial charge >= 0.3 is 5.97 Å². The molecule has 0 radical (unpaired) electrons. The van der Waals surface area contributed by atoms with Crippen molar-refractivity contribution in [2.75, 3.05) is 0 Å². The Hall–Kier alpha value is -1.94. The van der Waals surface area contributed by atoms with E-state index in [0.717, 1.165) is 5.56 Å². The molecule has 2 rings (SSSR count). The monoisotopic (exact) mass is 290 g/mol. The van der Waals surface area contributed by atoms with E-state index in [-0.39, 0.29) is 0 Å². The predicted octanol–water partition coefficient (Wildman–Crippen LogP) is 3.16. The standard InChI is InChI=1S/C15H15ClN2O2/c1-9-8-17-10(2)14(18-9)12(15(19)20)7-11-5-3-4-6-13(11)16/h3-6,8,12H,7H2,1-2H3,(H,19,20). The molecule has 20 heavy (non-hydrogen) atoms. The van der Waals surface area contributed by atoms with Crippen molar-refractivity contribution in [1.29, 1.82) is 0 Å². The Bertz CT molecular complexity index is 644. The largest absolute Gasteiger partial charge is 0.481 e. The van der Waals surface area contributed by atoms with E-state index in [1.807, 2.05) is 18.2 Å². The highest BCUT2D eigenvalue weighted by Crippen LogP contribution is 2.25. The third-order valence-electron chi connectivity index (χ3n) is 3.12. The minimum atomic E-state index is -0.923. The van der Waals surface area contributed by atoms with Gasteiger partial charge in [0.05, 0.1) is 17.1 Å². The number of carbonyl (C=O) groups is 1. The van der Waals surface area contributed by atoms with Crippen LogP contribution in [0.4, 0.5) is 0 Å². The average Bonchev–Trinajstić information content (AvgIpc) is 2.40. The van der Waals surface area contributed by atoms with Gasteiger partial charge in [0, 0.05) is 11.2 Å². The molecular weight excluding hydrogens is 276 g/mol. The van der Waals surface area contributed by atoms with Gasteiger partial charge in [-0.1, -0.05) is 29.8 Å². The van der Waals surface area contributed by atoms with Crippen molar-refractivity contribution in [1.82, 2.24) is 9.97 Å². The van der Waals surface area contributed by atoms with E-state index in [4.69, 9.17) is 11.6 Å². The summed E-state index contributed by atoms with van der Waals surface area (Å²) in [6.45, 7) is 3.56. The number of benzene rings is 1. The van der Waals surface area contributed by atoms with Gasteiger partial charge in [0.25, 0.3) is 0 Å². The number of nitrogens with zero attached hydrogens (tertiary/aromatic N) is 2. The Morgan fingerprint density at radius 3 is 2.70 bits per heavy atom. The van der Waals surface area contributed by atoms with E-state index >= 15 is 0 Å². The number of rotatable bonds is 4. The molecule has 0 aliphatic heterocycles. The first kappa shape index (κ1) is 14.5. The summed E-state index contributed by atoms with van der Waals surface area (Å²) >= 11 is 6.10. The maximum absolute atomic E-state index is 11.6. The first-order valence-corrected chi connectivity index (χ1v) is 6.63. The summed E-state index contributed by atoms with van der Waals surface area (Å²) in [5.41, 5.74) is 2.63. The number of aromatic nitrogens is 2. The molecular formula is C15H15ClN2O2. The lowest BCUT2D eigenvalue weighted by atomic mass is 9.94. The topological polar surface area (TPSA) is 63.1 Å². The molecule has 1 aromatic heterocycles. The molecule has 0 aliphatic carbocycles. The zero-order valence-electron chi connectivity index (χ0n) is 11.3. The normalized spacial score (nSPS) is 12.2. The van der Waals surface area contributed by atoms with Crippen LogP contribution in [0.25, 0.3) is 0 Å². The Labute approximate surface area is 122 Å². The van der Waals surface area contributed by atoms with Crippen LogP contribution in [0.1, 0.15) is 28.6 Å². The molecule has 1 aromatic carbocycles. The minimum Gasteiger partial charge on any atom is -0.481 e. The zero-order valence-corrected chi connectivity index (χ0v) is 12.1. The Morgan fingerprint density at radius 2 is 2.05 bits per heavy atom. The van der Waals surface area contributed by atoms with Gasteiger partial charge in [-0.25, -0.2) is 0 Å². The summed E-state index contributed by atoms with van der Waals surface area (Å²) in [6.07, 6.45) is 1.93. The van der Waals surface area contributed by atoms with Crippen molar-refractivity contribution in [3.8, 4) is 0 Å². The first-order chi connectivity index (χ1) is 9.49. The van der Waals surface area contributed by atoms with Gasteiger partial charge in [-0.2, -0.15) is 0 Å². The fourth-order valence-corrected chi connectivity index (χ4v) is 2.28. The highest BCUT2D eigenvalue weighted by atomic mass is 35.5. The predicted molar refractivity (Wildman–Crippen MR) is 77.0 cm³/mol. The van der Waals surface area contributed by atoms with E-state index in [1.54, 1.807) is 26.1 Å². The second-order valence-electron chi connectivity index (χ2n) is 4.67. The molecule has 1 atom stereocenters. The minimum absolute atomic E-state index is 0.300. The molecule has 1 heterocycles. The maximum Gasteiger partial charge on any atom is 0.313 e. The Morgan fingerprint density at radius 1 is 1.35 bits per heavy atom. The molecule has 2 aromatic rings. The van der Waals surface area contributed by atoms with Crippen LogP contribution in [0.5, 0.6) is 0 Å². The molecule has 0 saturated carbocycles. The summed E-state index contributed by atoms with van der Waals surface area (Å²) in [5, 5.41) is 10.1. The number of halogens is 1. The average molecular weight is 291 g/mol. The summed E-state index contributed by atoms with van der Waals surface area (Å²) < 4.78 is 0. The lowest BCUT2D eigenvalue weighted by Crippen LogP contribution is -2.18. The van der Waals surface area contributed by atoms with Crippen molar-refractivity contribution in [3.63, 3.8) is 0 Å². The lowest BCUT2D eigenvalue weighted by Gasteiger charge is -2.15. The third-order valence-corrected chi connectivity index (χ3v) is 3.49. The van der Waals surface area contributed by atoms with Crippen LogP contribution < -0.4 is 0 Å². The van der Waals surface area contributed by atoms with Crippen LogP contribution >= 0.6 is 11.6 Å². The highest BCUT2D eigenvalue weighted by molar-refractivity contribution is 6.31. The van der Waals surface area contributed by atoms with E-state index in [0.29, 0.717) is 28.5 Å². The van der Waals surface area contributed by atoms with E-state index in [9.17, 15) is 9.90 Å². The summed E-state index contributed by atoms with van der Waals surface area (Å²) in [5.74, 6) is -1.67. The molecule has 104 valence electrons. The van der Waals surface area contributed by atoms with E-state index in [2.05, 4.69) is 9.97 Å². The van der Waals surface area contributed by atoms with Crippen LogP contribution in [0.15, 0.2) is 30.5 Å². The zero-order chi connectivity index (χ0) is 14.7. The molecule has 0 aliphatic rings. The SMILES string of the molecule is Cc1cnc(C)c(C(Cc2ccccc2Cl)C(=O)O)n1. The van der Waals surface area contributed by atoms with Crippen molar-refractivity contribution in [3.05, 3.63) is 58.1 Å². The van der Waals surface area contributed by atoms with Crippen LogP contribution in [-0.4, -0.2) is 21.0 Å². The van der Waals surface area contributed by atoms with Crippen molar-refractivity contribution in [2.45, 2.75) is 26.2 Å². The summed E-state index contributed by atoms with van der Waals surface area (Å²) in [7, 11) is 0. The Kier molecular flexibility index (Phi) is 4.35. The second kappa shape index (κ2) is 6.01. The quantitative estimate of drug-likeness (QED) is 0.939. The Balaban J connectivity index is 2.40. The molecule has 4 nitrogen and oxygen atoms in total. The van der Waals surface area contributed by atoms with Crippen LogP contribution in [0.2, 0.25) is 5.02 Å². The van der Waals surface area contributed by atoms with Crippen molar-refractivity contribution in [2.24, 2.45) is 0 Å². The first-order valence-electron chi connectivity index (χ1n) is 6.25. The van der Waals surface area contributed by atoms with Gasteiger partial charge in [0.2, 0.25) is 0 Å². The van der Waals surface area contributed by atoms with E-state index in [1.165, 1.54) is 0 Å². The number of carboxylic acids is 1. The molecule has 1 unspecified atom stereocenters. The number of hydrogen-bond donors (Lipinski definition) is 1. The van der Waals surface area contributed by atoms with Gasteiger partial charge in [-0.3, -0.25) is 14.8 Å². The molecule has 5 heteroatoms. The van der Waals surface area contributed by atoms with Crippen LogP contribution in [-0.2, 0) is 11.2 Å². The highest BCUT2D eigenvalue weighted by Gasteiger charge is 2.25. The van der Waals surface area contributed by atoms with Crippen LogP contribution in [0.3, 0.4) is 0 Å². The molecule has 1 N–H and O–H groups in total. The van der Waals surface area contributed by atoms with Crippen LogP contribution in [0, 0.1) is 13.8 Å². The molecule has 0 bridgehead atoms. The van der Waals surface area contributed by atoms with Gasteiger partial charge < -0.3 is 5.11 Å². The number of aryl methyl sites for hydroxylation is 2. The number of aliphatic carboxylic acids is 1. The summed E-state index contributed by atoms with van der Waals surface area (Å²) in [4.78, 5) is 20.1. The molecule has 0 saturated heterocycles. The summed E-state index contributed by atoms with van der Waals surface area (Å²) in [6, 6.07) is 7.25. The van der Waals surface area contributed by atoms with Gasteiger partial charge in [-0.15, -0.1) is 0 Å². The fraction of sp³-hybridized carbons (Fsp3) is 0.267. The number of hydrogen-bond acceptors (Lipinski definition) is 3. The third kappa shape index (κ3) is 3.14. The molecule has 0 fully saturated rings. The lowest BCUT2D eigenvalue weighted by molar-refractivity contribution is -0.138. The fourth-order valence-electron chi connectivity index (χ4n) is 2.07. The van der Waals surface area contributed by atoms with Crippen molar-refractivity contribution >= 4 is 17.6 Å². The van der Waals surface area contributed by atoms with Gasteiger partial charge in [0.1, 0.15) is 5.92 Å². The second-order valence-corrected chi connectivity index (χ2v) is 5.08. The number of carboxylic acid groups (broad SMARTS) is 1. The molecule has 0 spiro atoms. The maximum atomic E-state index is 11.6. The smallest absolute Gasteiger partial charge is 0.313 e. The van der Waals surface area contributed by atoms with E-state index < -0.39 is 11.9 Å². The van der Waals surface area contributed by atoms with Gasteiger partial charge in [0.15, 0.2) is 0 Å².